The van der Waals surface area contributed by atoms with E-state index in [0.717, 1.165) is 24.9 Å². The van der Waals surface area contributed by atoms with E-state index < -0.39 is 0 Å². The summed E-state index contributed by atoms with van der Waals surface area (Å²) in [6.45, 7) is 6.42. The zero-order chi connectivity index (χ0) is 12.5. The number of rotatable bonds is 6. The second kappa shape index (κ2) is 8.29. The van der Waals surface area contributed by atoms with Gasteiger partial charge < -0.3 is 10.1 Å². The van der Waals surface area contributed by atoms with E-state index in [1.807, 2.05) is 13.0 Å². The Morgan fingerprint density at radius 3 is 2.71 bits per heavy atom. The van der Waals surface area contributed by atoms with Gasteiger partial charge >= 0.3 is 5.97 Å². The molecule has 1 fully saturated rings. The third-order valence-corrected chi connectivity index (χ3v) is 3.37. The van der Waals surface area contributed by atoms with Gasteiger partial charge in [-0.3, -0.25) is 0 Å². The summed E-state index contributed by atoms with van der Waals surface area (Å²) < 4.78 is 4.80. The molecule has 1 rings (SSSR count). The van der Waals surface area contributed by atoms with Crippen LogP contribution in [-0.4, -0.2) is 25.7 Å². The molecular weight excluding hydrogens is 214 g/mol. The van der Waals surface area contributed by atoms with Gasteiger partial charge in [-0.05, 0) is 38.1 Å². The van der Waals surface area contributed by atoms with Crippen molar-refractivity contribution in [3.05, 3.63) is 12.2 Å². The molecule has 1 saturated carbocycles. The highest BCUT2D eigenvalue weighted by Crippen LogP contribution is 2.27. The van der Waals surface area contributed by atoms with E-state index in [0.29, 0.717) is 6.61 Å². The van der Waals surface area contributed by atoms with Gasteiger partial charge in [0.05, 0.1) is 6.61 Å². The maximum absolute atomic E-state index is 11.0. The summed E-state index contributed by atoms with van der Waals surface area (Å²) in [6.07, 6.45) is 8.75. The van der Waals surface area contributed by atoms with Gasteiger partial charge in [-0.25, -0.2) is 4.79 Å². The van der Waals surface area contributed by atoms with Crippen molar-refractivity contribution in [3.63, 3.8) is 0 Å². The summed E-state index contributed by atoms with van der Waals surface area (Å²) >= 11 is 0. The van der Waals surface area contributed by atoms with Gasteiger partial charge in [0.15, 0.2) is 0 Å². The molecule has 3 heteroatoms. The molecule has 0 aromatic carbocycles. The van der Waals surface area contributed by atoms with Gasteiger partial charge in [-0.2, -0.15) is 0 Å². The standard InChI is InChI=1S/C14H25NO2/c1-3-17-14(16)5-4-10-15-11-13-8-6-12(2)7-9-13/h4-5,12-13,15H,3,6-11H2,1-2H3/b5-4+. The maximum atomic E-state index is 11.0. The largest absolute Gasteiger partial charge is 0.463 e. The van der Waals surface area contributed by atoms with Gasteiger partial charge in [0.25, 0.3) is 0 Å². The zero-order valence-corrected chi connectivity index (χ0v) is 11.1. The fraction of sp³-hybridized carbons (Fsp3) is 0.786. The lowest BCUT2D eigenvalue weighted by atomic mass is 9.83. The van der Waals surface area contributed by atoms with Gasteiger partial charge in [-0.15, -0.1) is 0 Å². The molecule has 0 spiro atoms. The summed E-state index contributed by atoms with van der Waals surface area (Å²) in [4.78, 5) is 11.0. The fourth-order valence-corrected chi connectivity index (χ4v) is 2.25. The smallest absolute Gasteiger partial charge is 0.330 e. The molecule has 0 saturated heterocycles. The average molecular weight is 239 g/mol. The predicted molar refractivity (Wildman–Crippen MR) is 69.8 cm³/mol. The normalized spacial score (nSPS) is 25.1. The summed E-state index contributed by atoms with van der Waals surface area (Å²) in [6, 6.07) is 0. The van der Waals surface area contributed by atoms with E-state index in [1.54, 1.807) is 0 Å². The molecule has 0 aromatic rings. The Hall–Kier alpha value is -0.830. The molecular formula is C14H25NO2. The molecule has 1 N–H and O–H groups in total. The van der Waals surface area contributed by atoms with Crippen molar-refractivity contribution in [2.75, 3.05) is 19.7 Å². The Labute approximate surface area is 105 Å². The highest BCUT2D eigenvalue weighted by atomic mass is 16.5. The molecule has 0 aromatic heterocycles. The fourth-order valence-electron chi connectivity index (χ4n) is 2.25. The van der Waals surface area contributed by atoms with Crippen molar-refractivity contribution >= 4 is 5.97 Å². The van der Waals surface area contributed by atoms with E-state index in [1.165, 1.54) is 31.8 Å². The first-order chi connectivity index (χ1) is 8.22. The van der Waals surface area contributed by atoms with Crippen molar-refractivity contribution in [2.45, 2.75) is 39.5 Å². The highest BCUT2D eigenvalue weighted by Gasteiger charge is 2.17. The van der Waals surface area contributed by atoms with Crippen LogP contribution in [0.4, 0.5) is 0 Å². The van der Waals surface area contributed by atoms with Gasteiger partial charge in [0.1, 0.15) is 0 Å². The molecule has 3 nitrogen and oxygen atoms in total. The van der Waals surface area contributed by atoms with Crippen LogP contribution in [0.3, 0.4) is 0 Å². The zero-order valence-electron chi connectivity index (χ0n) is 11.1. The lowest BCUT2D eigenvalue weighted by Crippen LogP contribution is -2.26. The van der Waals surface area contributed by atoms with Crippen LogP contribution < -0.4 is 5.32 Å². The topological polar surface area (TPSA) is 38.3 Å². The third-order valence-electron chi connectivity index (χ3n) is 3.37. The highest BCUT2D eigenvalue weighted by molar-refractivity contribution is 5.81. The van der Waals surface area contributed by atoms with Crippen molar-refractivity contribution in [1.29, 1.82) is 0 Å². The quantitative estimate of drug-likeness (QED) is 0.440. The monoisotopic (exact) mass is 239 g/mol. The van der Waals surface area contributed by atoms with Crippen LogP contribution in [0.15, 0.2) is 12.2 Å². The number of carbonyl (C=O) groups is 1. The minimum atomic E-state index is -0.249. The van der Waals surface area contributed by atoms with E-state index in [2.05, 4.69) is 12.2 Å². The van der Waals surface area contributed by atoms with Crippen molar-refractivity contribution in [3.8, 4) is 0 Å². The van der Waals surface area contributed by atoms with Crippen LogP contribution in [0.2, 0.25) is 0 Å². The van der Waals surface area contributed by atoms with Crippen LogP contribution in [0.5, 0.6) is 0 Å². The Morgan fingerprint density at radius 2 is 2.06 bits per heavy atom. The second-order valence-electron chi connectivity index (χ2n) is 4.94. The molecule has 1 aliphatic rings. The van der Waals surface area contributed by atoms with Crippen molar-refractivity contribution in [2.24, 2.45) is 11.8 Å². The van der Waals surface area contributed by atoms with Crippen molar-refractivity contribution < 1.29 is 9.53 Å². The van der Waals surface area contributed by atoms with Gasteiger partial charge in [0, 0.05) is 12.6 Å². The third kappa shape index (κ3) is 6.47. The molecule has 17 heavy (non-hydrogen) atoms. The van der Waals surface area contributed by atoms with Crippen LogP contribution in [-0.2, 0) is 9.53 Å². The predicted octanol–water partition coefficient (Wildman–Crippen LogP) is 2.52. The Balaban J connectivity index is 2.02. The number of hydrogen-bond donors (Lipinski definition) is 1. The lowest BCUT2D eigenvalue weighted by molar-refractivity contribution is -0.137. The van der Waals surface area contributed by atoms with Crippen molar-refractivity contribution in [1.82, 2.24) is 5.32 Å². The SMILES string of the molecule is CCOC(=O)/C=C/CNCC1CCC(C)CC1. The molecule has 0 radical (unpaired) electrons. The number of carbonyl (C=O) groups excluding carboxylic acids is 1. The van der Waals surface area contributed by atoms with Crippen LogP contribution >= 0.6 is 0 Å². The first-order valence-corrected chi connectivity index (χ1v) is 6.76. The molecule has 0 heterocycles. The van der Waals surface area contributed by atoms with Crippen LogP contribution in [0, 0.1) is 11.8 Å². The van der Waals surface area contributed by atoms with E-state index in [9.17, 15) is 4.79 Å². The summed E-state index contributed by atoms with van der Waals surface area (Å²) in [7, 11) is 0. The molecule has 1 aliphatic carbocycles. The van der Waals surface area contributed by atoms with Gasteiger partial charge in [-0.1, -0.05) is 25.8 Å². The number of nitrogens with one attached hydrogen (secondary N) is 1. The Morgan fingerprint density at radius 1 is 1.35 bits per heavy atom. The number of hydrogen-bond acceptors (Lipinski definition) is 3. The molecule has 0 bridgehead atoms. The summed E-state index contributed by atoms with van der Waals surface area (Å²) in [5.41, 5.74) is 0. The summed E-state index contributed by atoms with van der Waals surface area (Å²) in [5.74, 6) is 1.48. The van der Waals surface area contributed by atoms with E-state index >= 15 is 0 Å². The maximum Gasteiger partial charge on any atom is 0.330 e. The second-order valence-corrected chi connectivity index (χ2v) is 4.94. The Bertz CT molecular complexity index is 243. The first kappa shape index (κ1) is 14.2. The van der Waals surface area contributed by atoms with E-state index in [4.69, 9.17) is 4.74 Å². The minimum Gasteiger partial charge on any atom is -0.463 e. The number of esters is 1. The van der Waals surface area contributed by atoms with E-state index in [-0.39, 0.29) is 5.97 Å². The van der Waals surface area contributed by atoms with Crippen LogP contribution in [0.25, 0.3) is 0 Å². The molecule has 0 unspecified atom stereocenters. The lowest BCUT2D eigenvalue weighted by Gasteiger charge is -2.26. The first-order valence-electron chi connectivity index (χ1n) is 6.76. The average Bonchev–Trinajstić information content (AvgIpc) is 2.31. The Kier molecular flexibility index (Phi) is 6.94. The summed E-state index contributed by atoms with van der Waals surface area (Å²) in [5, 5.41) is 3.37. The molecule has 98 valence electrons. The molecule has 0 aliphatic heterocycles. The molecule has 0 atom stereocenters. The number of ether oxygens (including phenoxy) is 1. The minimum absolute atomic E-state index is 0.249. The molecule has 0 amide bonds. The van der Waals surface area contributed by atoms with Gasteiger partial charge in [0.2, 0.25) is 0 Å². The van der Waals surface area contributed by atoms with Crippen LogP contribution in [0.1, 0.15) is 39.5 Å².